The Bertz CT molecular complexity index is 273. The molecule has 86 valence electrons. The Morgan fingerprint density at radius 3 is 1.25 bits per heavy atom. The van der Waals surface area contributed by atoms with Gasteiger partial charge in [0, 0.05) is 6.10 Å². The molecule has 1 rings (SSSR count). The van der Waals surface area contributed by atoms with Gasteiger partial charge in [0.15, 0.2) is 0 Å². The van der Waals surface area contributed by atoms with Crippen LogP contribution in [0.3, 0.4) is 0 Å². The Hall–Kier alpha value is 1.23. The summed E-state index contributed by atoms with van der Waals surface area (Å²) >= 11 is 30.6. The van der Waals surface area contributed by atoms with Gasteiger partial charge in [0.25, 0.3) is 0 Å². The zero-order valence-corrected chi connectivity index (χ0v) is 12.7. The summed E-state index contributed by atoms with van der Waals surface area (Å²) in [7, 11) is 0. The molecule has 1 N–H and O–H groups in total. The van der Waals surface area contributed by atoms with Crippen molar-refractivity contribution in [3.63, 3.8) is 0 Å². The summed E-state index contributed by atoms with van der Waals surface area (Å²) in [6.45, 7) is 3.44. The van der Waals surface area contributed by atoms with Crippen molar-refractivity contribution < 1.29 is 5.11 Å². The molecule has 1 aromatic rings. The summed E-state index contributed by atoms with van der Waals surface area (Å²) in [6.07, 6.45) is -0.167. The molecule has 0 fully saturated rings. The molecule has 0 saturated heterocycles. The van der Waals surface area contributed by atoms with Crippen LogP contribution in [-0.2, 0) is 0 Å². The zero-order valence-electron chi connectivity index (χ0n) is 8.91. The Labute approximate surface area is 129 Å². The van der Waals surface area contributed by atoms with Gasteiger partial charge in [0.2, 0.25) is 0 Å². The Morgan fingerprint density at radius 1 is 0.812 bits per heavy atom. The first-order chi connectivity index (χ1) is 7.20. The van der Waals surface area contributed by atoms with E-state index >= 15 is 0 Å². The van der Waals surface area contributed by atoms with Crippen LogP contribution >= 0.6 is 58.0 Å². The predicted octanol–water partition coefficient (Wildman–Crippen LogP) is 4.13. The molecule has 0 aliphatic rings. The molecule has 0 aliphatic heterocycles. The molecule has 0 amide bonds. The summed E-state index contributed by atoms with van der Waals surface area (Å²) in [5.41, 5.74) is 0. The molecule has 0 heterocycles. The van der Waals surface area contributed by atoms with Crippen molar-refractivity contribution in [3.05, 3.63) is 25.1 Å². The number of rotatable bonds is 0. The molecule has 0 saturated carbocycles. The maximum absolute atomic E-state index is 8.06. The van der Waals surface area contributed by atoms with Crippen LogP contribution in [0.15, 0.2) is 0 Å². The second kappa shape index (κ2) is 7.62. The Kier molecular flexibility index (Phi) is 8.20. The van der Waals surface area contributed by atoms with Crippen LogP contribution in [0, 0.1) is 0 Å². The van der Waals surface area contributed by atoms with Gasteiger partial charge in [-0.25, -0.2) is 0 Å². The summed E-state index contributed by atoms with van der Waals surface area (Å²) in [6, 6.07) is 0. The first-order valence-electron chi connectivity index (χ1n) is 4.36. The third-order valence-electron chi connectivity index (χ3n) is 1.43. The standard InChI is InChI=1S/C6Cl5.C3H8O.Li/c7-2-1-3(8)5(10)6(11)4(2)9;1-3(2)4;/h;3-4H,1-2H3;. The molecule has 0 aliphatic carbocycles. The van der Waals surface area contributed by atoms with Gasteiger partial charge < -0.3 is 5.11 Å². The van der Waals surface area contributed by atoms with Crippen molar-refractivity contribution in [3.8, 4) is 0 Å². The van der Waals surface area contributed by atoms with Gasteiger partial charge in [-0.05, 0) is 13.8 Å². The molecule has 0 aromatic heterocycles. The number of benzene rings is 1. The number of hydrogen-bond donors (Lipinski definition) is 1. The molecule has 0 atom stereocenters. The fourth-order valence-corrected chi connectivity index (χ4v) is 1.95. The summed E-state index contributed by atoms with van der Waals surface area (Å²) in [4.78, 5) is 0. The SMILES string of the molecule is CC(C)O.[Li][c]1c(Cl)c(Cl)c(Cl)c(Cl)c1Cl. The number of aliphatic hydroxyl groups is 1. The van der Waals surface area contributed by atoms with Crippen LogP contribution in [-0.4, -0.2) is 28.9 Å². The van der Waals surface area contributed by atoms with E-state index in [2.05, 4.69) is 0 Å². The maximum atomic E-state index is 8.06. The second-order valence-corrected chi connectivity index (χ2v) is 5.18. The van der Waals surface area contributed by atoms with Crippen LogP contribution in [0.5, 0.6) is 0 Å². The van der Waals surface area contributed by atoms with E-state index in [4.69, 9.17) is 63.1 Å². The molecule has 0 radical (unpaired) electrons. The molecule has 1 nitrogen and oxygen atoms in total. The number of hydrogen-bond acceptors (Lipinski definition) is 1. The molecule has 0 unspecified atom stereocenters. The van der Waals surface area contributed by atoms with E-state index in [1.807, 2.05) is 0 Å². The first-order valence-corrected chi connectivity index (χ1v) is 6.25. The van der Waals surface area contributed by atoms with Gasteiger partial charge in [-0.15, -0.1) is 0 Å². The zero-order chi connectivity index (χ0) is 13.0. The summed E-state index contributed by atoms with van der Waals surface area (Å²) in [5.74, 6) is 0. The normalized spacial score (nSPS) is 10.2. The fraction of sp³-hybridized carbons (Fsp3) is 0.333. The van der Waals surface area contributed by atoms with Crippen LogP contribution in [0.1, 0.15) is 13.8 Å². The van der Waals surface area contributed by atoms with E-state index in [1.165, 1.54) is 0 Å². The predicted molar refractivity (Wildman–Crippen MR) is 74.2 cm³/mol. The molecular weight excluding hydrogens is 308 g/mol. The molecular formula is C9H8Cl5LiO. The van der Waals surface area contributed by atoms with Gasteiger partial charge in [0.05, 0.1) is 0 Å². The van der Waals surface area contributed by atoms with Gasteiger partial charge >= 0.3 is 105 Å². The van der Waals surface area contributed by atoms with Crippen molar-refractivity contribution in [1.82, 2.24) is 0 Å². The number of halogens is 5. The minimum atomic E-state index is -0.167. The first kappa shape index (κ1) is 17.2. The van der Waals surface area contributed by atoms with E-state index in [1.54, 1.807) is 31.6 Å². The Balaban J connectivity index is 0.000000487. The van der Waals surface area contributed by atoms with Crippen LogP contribution in [0.4, 0.5) is 0 Å². The fourth-order valence-electron chi connectivity index (χ4n) is 0.715. The number of aliphatic hydroxyl groups excluding tert-OH is 1. The average Bonchev–Trinajstić information content (AvgIpc) is 2.20. The third kappa shape index (κ3) is 4.84. The summed E-state index contributed by atoms with van der Waals surface area (Å²) in [5, 5.41) is 9.42. The third-order valence-corrected chi connectivity index (χ3v) is 3.90. The Morgan fingerprint density at radius 2 is 1.00 bits per heavy atom. The van der Waals surface area contributed by atoms with Crippen molar-refractivity contribution in [1.29, 1.82) is 0 Å². The van der Waals surface area contributed by atoms with Crippen LogP contribution in [0.25, 0.3) is 0 Å². The van der Waals surface area contributed by atoms with E-state index in [9.17, 15) is 0 Å². The van der Waals surface area contributed by atoms with Gasteiger partial charge in [-0.2, -0.15) is 0 Å². The van der Waals surface area contributed by atoms with E-state index < -0.39 is 0 Å². The van der Waals surface area contributed by atoms with Gasteiger partial charge in [-0.1, -0.05) is 0 Å². The van der Waals surface area contributed by atoms with Gasteiger partial charge in [-0.3, -0.25) is 0 Å². The summed E-state index contributed by atoms with van der Waals surface area (Å²) < 4.78 is 0.637. The topological polar surface area (TPSA) is 20.2 Å². The van der Waals surface area contributed by atoms with Crippen molar-refractivity contribution in [2.24, 2.45) is 0 Å². The molecule has 0 bridgehead atoms. The van der Waals surface area contributed by atoms with E-state index in [-0.39, 0.29) is 21.2 Å². The monoisotopic (exact) mass is 314 g/mol. The van der Waals surface area contributed by atoms with Gasteiger partial charge in [0.1, 0.15) is 0 Å². The molecule has 0 spiro atoms. The molecule has 16 heavy (non-hydrogen) atoms. The molecule has 7 heteroatoms. The van der Waals surface area contributed by atoms with Crippen molar-refractivity contribution >= 4 is 80.0 Å². The molecule has 1 aromatic carbocycles. The van der Waals surface area contributed by atoms with E-state index in [0.717, 1.165) is 0 Å². The quantitative estimate of drug-likeness (QED) is 0.433. The second-order valence-electron chi connectivity index (χ2n) is 3.29. The van der Waals surface area contributed by atoms with Crippen molar-refractivity contribution in [2.75, 3.05) is 0 Å². The average molecular weight is 316 g/mol. The van der Waals surface area contributed by atoms with Crippen LogP contribution < -0.4 is 4.24 Å². The van der Waals surface area contributed by atoms with Crippen molar-refractivity contribution in [2.45, 2.75) is 20.0 Å². The van der Waals surface area contributed by atoms with E-state index in [0.29, 0.717) is 14.3 Å². The van der Waals surface area contributed by atoms with Crippen LogP contribution in [0.2, 0.25) is 25.1 Å². The minimum absolute atomic E-state index is 0.167.